The number of rotatable bonds is 7. The molecule has 1 unspecified atom stereocenters. The summed E-state index contributed by atoms with van der Waals surface area (Å²) in [5, 5.41) is 11.7. The van der Waals surface area contributed by atoms with E-state index < -0.39 is 0 Å². The van der Waals surface area contributed by atoms with Gasteiger partial charge in [-0.15, -0.1) is 5.10 Å². The Bertz CT molecular complexity index is 516. The van der Waals surface area contributed by atoms with Crippen molar-refractivity contribution >= 4 is 0 Å². The fraction of sp³-hybridized carbons (Fsp3) is 0.500. The van der Waals surface area contributed by atoms with Gasteiger partial charge in [-0.3, -0.25) is 0 Å². The Morgan fingerprint density at radius 2 is 1.90 bits per heavy atom. The fourth-order valence-corrected chi connectivity index (χ4v) is 2.28. The molecule has 1 aromatic heterocycles. The molecule has 0 saturated heterocycles. The Labute approximate surface area is 121 Å². The number of hydrogen-bond acceptors (Lipinski definition) is 3. The van der Waals surface area contributed by atoms with Gasteiger partial charge in [-0.1, -0.05) is 43.3 Å². The van der Waals surface area contributed by atoms with E-state index in [4.69, 9.17) is 0 Å². The molecule has 1 N–H and O–H groups in total. The van der Waals surface area contributed by atoms with Crippen LogP contribution < -0.4 is 5.32 Å². The van der Waals surface area contributed by atoms with Gasteiger partial charge < -0.3 is 5.32 Å². The third-order valence-corrected chi connectivity index (χ3v) is 3.46. The number of nitrogens with zero attached hydrogens (tertiary/aromatic N) is 3. The van der Waals surface area contributed by atoms with E-state index in [0.29, 0.717) is 6.04 Å². The summed E-state index contributed by atoms with van der Waals surface area (Å²) < 4.78 is 1.97. The van der Waals surface area contributed by atoms with Gasteiger partial charge >= 0.3 is 0 Å². The quantitative estimate of drug-likeness (QED) is 0.840. The van der Waals surface area contributed by atoms with Crippen LogP contribution in [-0.2, 0) is 6.54 Å². The summed E-state index contributed by atoms with van der Waals surface area (Å²) in [4.78, 5) is 0. The lowest BCUT2D eigenvalue weighted by molar-refractivity contribution is 0.570. The molecule has 2 aromatic rings. The molecule has 0 bridgehead atoms. The minimum atomic E-state index is 0.391. The van der Waals surface area contributed by atoms with Crippen molar-refractivity contribution in [3.05, 3.63) is 36.0 Å². The topological polar surface area (TPSA) is 42.7 Å². The van der Waals surface area contributed by atoms with Gasteiger partial charge in [-0.25, -0.2) is 4.68 Å². The molecule has 0 aliphatic carbocycles. The van der Waals surface area contributed by atoms with Crippen molar-refractivity contribution < 1.29 is 0 Å². The van der Waals surface area contributed by atoms with Crippen LogP contribution in [0.3, 0.4) is 0 Å². The molecule has 1 aromatic carbocycles. The minimum Gasteiger partial charge on any atom is -0.310 e. The van der Waals surface area contributed by atoms with Crippen LogP contribution in [0.15, 0.2) is 30.5 Å². The molecule has 2 rings (SSSR count). The van der Waals surface area contributed by atoms with Crippen LogP contribution in [0, 0.1) is 0 Å². The first-order chi connectivity index (χ1) is 9.76. The summed E-state index contributed by atoms with van der Waals surface area (Å²) in [6.07, 6.45) is 4.06. The number of hydrogen-bond donors (Lipinski definition) is 1. The molecule has 4 nitrogen and oxygen atoms in total. The number of nitrogens with one attached hydrogen (secondary N) is 1. The monoisotopic (exact) mass is 272 g/mol. The maximum Gasteiger partial charge on any atom is 0.0885 e. The van der Waals surface area contributed by atoms with Crippen LogP contribution in [0.1, 0.15) is 45.2 Å². The van der Waals surface area contributed by atoms with E-state index in [0.717, 1.165) is 31.6 Å². The van der Waals surface area contributed by atoms with Gasteiger partial charge in [0.15, 0.2) is 0 Å². The Balaban J connectivity index is 2.13. The van der Waals surface area contributed by atoms with Crippen LogP contribution in [0.5, 0.6) is 0 Å². The summed E-state index contributed by atoms with van der Waals surface area (Å²) >= 11 is 0. The Morgan fingerprint density at radius 3 is 2.55 bits per heavy atom. The smallest absolute Gasteiger partial charge is 0.0885 e. The molecular formula is C16H24N4. The highest BCUT2D eigenvalue weighted by Crippen LogP contribution is 2.21. The number of aryl methyl sites for hydroxylation is 1. The molecule has 0 aliphatic heterocycles. The zero-order valence-electron chi connectivity index (χ0n) is 12.6. The average Bonchev–Trinajstić information content (AvgIpc) is 2.93. The van der Waals surface area contributed by atoms with E-state index in [1.165, 1.54) is 11.1 Å². The molecule has 0 amide bonds. The Morgan fingerprint density at radius 1 is 1.15 bits per heavy atom. The summed E-state index contributed by atoms with van der Waals surface area (Å²) in [7, 11) is 0. The Hall–Kier alpha value is -1.68. The van der Waals surface area contributed by atoms with Gasteiger partial charge in [-0.05, 0) is 31.9 Å². The van der Waals surface area contributed by atoms with Crippen molar-refractivity contribution in [3.8, 4) is 11.3 Å². The molecule has 4 heteroatoms. The van der Waals surface area contributed by atoms with E-state index in [2.05, 4.69) is 60.7 Å². The highest BCUT2D eigenvalue weighted by molar-refractivity contribution is 5.58. The summed E-state index contributed by atoms with van der Waals surface area (Å²) in [6.45, 7) is 8.50. The average molecular weight is 272 g/mol. The second kappa shape index (κ2) is 7.20. The lowest BCUT2D eigenvalue weighted by Crippen LogP contribution is -2.19. The fourth-order valence-electron chi connectivity index (χ4n) is 2.28. The van der Waals surface area contributed by atoms with Crippen molar-refractivity contribution in [3.63, 3.8) is 0 Å². The second-order valence-corrected chi connectivity index (χ2v) is 5.14. The zero-order valence-corrected chi connectivity index (χ0v) is 12.6. The van der Waals surface area contributed by atoms with Crippen LogP contribution in [0.4, 0.5) is 0 Å². The lowest BCUT2D eigenvalue weighted by atomic mass is 10.0. The number of aromatic nitrogens is 3. The normalized spacial score (nSPS) is 12.6. The minimum absolute atomic E-state index is 0.391. The van der Waals surface area contributed by atoms with Crippen molar-refractivity contribution in [2.45, 2.75) is 46.2 Å². The molecule has 0 radical (unpaired) electrons. The number of benzene rings is 1. The Kier molecular flexibility index (Phi) is 5.30. The predicted molar refractivity (Wildman–Crippen MR) is 82.5 cm³/mol. The molecule has 1 atom stereocenters. The van der Waals surface area contributed by atoms with Gasteiger partial charge in [0.05, 0.1) is 11.9 Å². The van der Waals surface area contributed by atoms with Crippen LogP contribution in [-0.4, -0.2) is 21.5 Å². The summed E-state index contributed by atoms with van der Waals surface area (Å²) in [6, 6.07) is 9.08. The van der Waals surface area contributed by atoms with Crippen molar-refractivity contribution in [2.24, 2.45) is 0 Å². The van der Waals surface area contributed by atoms with Gasteiger partial charge in [-0.2, -0.15) is 0 Å². The highest BCUT2D eigenvalue weighted by atomic mass is 15.4. The summed E-state index contributed by atoms with van der Waals surface area (Å²) in [5.41, 5.74) is 3.58. The first kappa shape index (κ1) is 14.7. The molecule has 0 aliphatic rings. The maximum absolute atomic E-state index is 4.13. The van der Waals surface area contributed by atoms with Crippen molar-refractivity contribution in [1.82, 2.24) is 20.3 Å². The van der Waals surface area contributed by atoms with Gasteiger partial charge in [0.2, 0.25) is 0 Å². The molecule has 0 spiro atoms. The highest BCUT2D eigenvalue weighted by Gasteiger charge is 2.08. The van der Waals surface area contributed by atoms with Crippen molar-refractivity contribution in [1.29, 1.82) is 0 Å². The summed E-state index contributed by atoms with van der Waals surface area (Å²) in [5.74, 6) is 0. The molecule has 0 fully saturated rings. The molecule has 0 saturated carbocycles. The van der Waals surface area contributed by atoms with Crippen molar-refractivity contribution in [2.75, 3.05) is 6.54 Å². The van der Waals surface area contributed by atoms with E-state index in [1.807, 2.05) is 10.9 Å². The maximum atomic E-state index is 4.13. The standard InChI is InChI=1S/C16H24N4/c1-4-10-17-13(3)14-6-8-15(9-7-14)16-12-18-19-20(16)11-5-2/h6-9,12-13,17H,4-5,10-11H2,1-3H3. The van der Waals surface area contributed by atoms with Crippen LogP contribution in [0.25, 0.3) is 11.3 Å². The first-order valence-corrected chi connectivity index (χ1v) is 7.48. The second-order valence-electron chi connectivity index (χ2n) is 5.14. The van der Waals surface area contributed by atoms with E-state index >= 15 is 0 Å². The SMILES string of the molecule is CCCNC(C)c1ccc(-c2cnnn2CCC)cc1. The van der Waals surface area contributed by atoms with Gasteiger partial charge in [0.1, 0.15) is 0 Å². The largest absolute Gasteiger partial charge is 0.310 e. The lowest BCUT2D eigenvalue weighted by Gasteiger charge is -2.14. The third kappa shape index (κ3) is 3.45. The molecular weight excluding hydrogens is 248 g/mol. The predicted octanol–water partition coefficient (Wildman–Crippen LogP) is 3.42. The van der Waals surface area contributed by atoms with Gasteiger partial charge in [0.25, 0.3) is 0 Å². The molecule has 20 heavy (non-hydrogen) atoms. The zero-order chi connectivity index (χ0) is 14.4. The third-order valence-electron chi connectivity index (χ3n) is 3.46. The molecule has 108 valence electrons. The first-order valence-electron chi connectivity index (χ1n) is 7.48. The van der Waals surface area contributed by atoms with Crippen LogP contribution in [0.2, 0.25) is 0 Å². The van der Waals surface area contributed by atoms with Crippen LogP contribution >= 0.6 is 0 Å². The molecule has 1 heterocycles. The van der Waals surface area contributed by atoms with E-state index in [9.17, 15) is 0 Å². The van der Waals surface area contributed by atoms with E-state index in [-0.39, 0.29) is 0 Å². The van der Waals surface area contributed by atoms with Gasteiger partial charge in [0, 0.05) is 18.2 Å². The van der Waals surface area contributed by atoms with E-state index in [1.54, 1.807) is 0 Å².